The molecule has 0 saturated heterocycles. The van der Waals surface area contributed by atoms with Crippen molar-refractivity contribution in [2.75, 3.05) is 13.2 Å². The summed E-state index contributed by atoms with van der Waals surface area (Å²) in [5.41, 5.74) is -4.39. The maximum absolute atomic E-state index is 14.5. The number of halogens is 6. The second kappa shape index (κ2) is 13.2. The molecule has 0 saturated carbocycles. The van der Waals surface area contributed by atoms with Crippen LogP contribution in [0.25, 0.3) is 11.6 Å². The van der Waals surface area contributed by atoms with Crippen LogP contribution in [0.2, 0.25) is 0 Å². The average molecular weight is 540 g/mol. The molecular weight excluding hydrogens is 508 g/mol. The molecule has 2 atom stereocenters. The lowest BCUT2D eigenvalue weighted by Gasteiger charge is -2.32. The Bertz CT molecular complexity index is 994. The number of rotatable bonds is 15. The number of hydrogen-bond donors (Lipinski definition) is 1. The van der Waals surface area contributed by atoms with E-state index < -0.39 is 53.7 Å². The number of hydrogen-bond acceptors (Lipinski definition) is 7. The fourth-order valence-corrected chi connectivity index (χ4v) is 3.48. The number of pyridine rings is 1. The molecule has 2 heterocycles. The molecule has 0 aliphatic rings. The Kier molecular flexibility index (Phi) is 10.9. The van der Waals surface area contributed by atoms with Gasteiger partial charge in [-0.1, -0.05) is 38.8 Å². The van der Waals surface area contributed by atoms with E-state index in [1.54, 1.807) is 13.8 Å². The van der Waals surface area contributed by atoms with Gasteiger partial charge in [0.15, 0.2) is 0 Å². The second-order valence-electron chi connectivity index (χ2n) is 8.53. The van der Waals surface area contributed by atoms with E-state index in [2.05, 4.69) is 21.8 Å². The zero-order valence-electron chi connectivity index (χ0n) is 20.7. The van der Waals surface area contributed by atoms with Gasteiger partial charge < -0.3 is 19.0 Å². The van der Waals surface area contributed by atoms with E-state index in [4.69, 9.17) is 13.9 Å². The molecule has 2 aromatic rings. The van der Waals surface area contributed by atoms with Gasteiger partial charge in [-0.15, -0.1) is 10.2 Å². The molecule has 37 heavy (non-hydrogen) atoms. The molecule has 0 spiro atoms. The number of aliphatic hydroxyl groups excluding tert-OH is 1. The third-order valence-electron chi connectivity index (χ3n) is 5.45. The minimum atomic E-state index is -4.93. The van der Waals surface area contributed by atoms with Crippen LogP contribution in [-0.4, -0.2) is 45.8 Å². The lowest BCUT2D eigenvalue weighted by atomic mass is 9.94. The minimum absolute atomic E-state index is 0.0914. The first-order chi connectivity index (χ1) is 17.4. The minimum Gasteiger partial charge on any atom is -0.473 e. The molecule has 1 N–H and O–H groups in total. The van der Waals surface area contributed by atoms with Gasteiger partial charge >= 0.3 is 12.4 Å². The second-order valence-corrected chi connectivity index (χ2v) is 8.53. The van der Waals surface area contributed by atoms with Crippen molar-refractivity contribution in [3.05, 3.63) is 36.2 Å². The molecule has 0 bridgehead atoms. The van der Waals surface area contributed by atoms with E-state index in [9.17, 15) is 31.4 Å². The Balaban J connectivity index is 2.44. The molecule has 0 fully saturated rings. The highest BCUT2D eigenvalue weighted by atomic mass is 19.4. The fourth-order valence-electron chi connectivity index (χ4n) is 3.48. The van der Waals surface area contributed by atoms with Gasteiger partial charge in [-0.3, -0.25) is 0 Å². The predicted octanol–water partition coefficient (Wildman–Crippen LogP) is 6.62. The van der Waals surface area contributed by atoms with Gasteiger partial charge in [0.1, 0.15) is 17.9 Å². The monoisotopic (exact) mass is 539 g/mol. The van der Waals surface area contributed by atoms with E-state index in [0.717, 1.165) is 6.07 Å². The summed E-state index contributed by atoms with van der Waals surface area (Å²) in [4.78, 5) is 3.75. The van der Waals surface area contributed by atoms with Gasteiger partial charge in [-0.05, 0) is 44.7 Å². The third kappa shape index (κ3) is 8.16. The van der Waals surface area contributed by atoms with Gasteiger partial charge in [0, 0.05) is 6.61 Å². The molecule has 13 heteroatoms. The van der Waals surface area contributed by atoms with Crippen LogP contribution in [0.4, 0.5) is 26.3 Å². The van der Waals surface area contributed by atoms with Crippen molar-refractivity contribution in [3.8, 4) is 17.5 Å². The molecule has 208 valence electrons. The molecule has 2 rings (SSSR count). The van der Waals surface area contributed by atoms with Crippen LogP contribution >= 0.6 is 0 Å². The number of aliphatic hydroxyl groups is 1. The van der Waals surface area contributed by atoms with Crippen LogP contribution in [0.15, 0.2) is 29.2 Å². The summed E-state index contributed by atoms with van der Waals surface area (Å²) in [6.45, 7) is 6.25. The number of nitrogens with zero attached hydrogens (tertiary/aromatic N) is 3. The number of unbranched alkanes of at least 4 members (excludes halogenated alkanes) is 3. The number of alkyl halides is 6. The first kappa shape index (κ1) is 30.6. The largest absolute Gasteiger partial charge is 0.473 e. The fraction of sp³-hybridized carbons (Fsp3) is 0.625. The first-order valence-electron chi connectivity index (χ1n) is 11.9. The molecule has 0 aliphatic heterocycles. The van der Waals surface area contributed by atoms with Crippen molar-refractivity contribution < 1.29 is 45.3 Å². The normalized spacial score (nSPS) is 14.8. The predicted molar refractivity (Wildman–Crippen MR) is 122 cm³/mol. The van der Waals surface area contributed by atoms with E-state index in [1.807, 2.05) is 0 Å². The summed E-state index contributed by atoms with van der Waals surface area (Å²) in [5, 5.41) is 16.6. The highest BCUT2D eigenvalue weighted by Gasteiger charge is 2.60. The molecule has 2 aromatic heterocycles. The van der Waals surface area contributed by atoms with Gasteiger partial charge in [-0.25, -0.2) is 4.98 Å². The summed E-state index contributed by atoms with van der Waals surface area (Å²) in [5.74, 6) is -2.19. The highest BCUT2D eigenvalue weighted by Crippen LogP contribution is 2.46. The van der Waals surface area contributed by atoms with E-state index in [0.29, 0.717) is 38.2 Å². The van der Waals surface area contributed by atoms with E-state index >= 15 is 0 Å². The Morgan fingerprint density at radius 2 is 1.81 bits per heavy atom. The van der Waals surface area contributed by atoms with Crippen molar-refractivity contribution in [2.45, 2.75) is 82.9 Å². The summed E-state index contributed by atoms with van der Waals surface area (Å²) in [6.07, 6.45) is -7.21. The molecular formula is C24H31F6N3O4. The average Bonchev–Trinajstić information content (AvgIpc) is 3.30. The van der Waals surface area contributed by atoms with Crippen molar-refractivity contribution in [2.24, 2.45) is 0 Å². The zero-order valence-corrected chi connectivity index (χ0v) is 20.7. The van der Waals surface area contributed by atoms with Crippen molar-refractivity contribution in [3.63, 3.8) is 0 Å². The van der Waals surface area contributed by atoms with Gasteiger partial charge in [-0.2, -0.15) is 26.3 Å². The van der Waals surface area contributed by atoms with E-state index in [-0.39, 0.29) is 25.3 Å². The Hall–Kier alpha value is -2.67. The Labute approximate surface area is 210 Å². The summed E-state index contributed by atoms with van der Waals surface area (Å²) >= 11 is 0. The Morgan fingerprint density at radius 1 is 1.08 bits per heavy atom. The molecule has 0 unspecified atom stereocenters. The maximum Gasteiger partial charge on any atom is 0.426 e. The molecule has 0 radical (unpaired) electrons. The van der Waals surface area contributed by atoms with Crippen LogP contribution in [0.3, 0.4) is 0 Å². The van der Waals surface area contributed by atoms with Crippen molar-refractivity contribution >= 4 is 0 Å². The van der Waals surface area contributed by atoms with Crippen LogP contribution in [0.5, 0.6) is 5.88 Å². The summed E-state index contributed by atoms with van der Waals surface area (Å²) < 4.78 is 99.0. The van der Waals surface area contributed by atoms with Crippen LogP contribution < -0.4 is 4.74 Å². The third-order valence-corrected chi connectivity index (χ3v) is 5.45. The van der Waals surface area contributed by atoms with Crippen LogP contribution in [-0.2, 0) is 16.5 Å². The van der Waals surface area contributed by atoms with Crippen molar-refractivity contribution in [1.82, 2.24) is 15.2 Å². The van der Waals surface area contributed by atoms with Gasteiger partial charge in [0.25, 0.3) is 11.8 Å². The molecule has 7 nitrogen and oxygen atoms in total. The van der Waals surface area contributed by atoms with Crippen LogP contribution in [0.1, 0.15) is 70.2 Å². The topological polar surface area (TPSA) is 90.5 Å². The molecule has 0 aliphatic carbocycles. The number of aromatic nitrogens is 3. The van der Waals surface area contributed by atoms with Gasteiger partial charge in [0.05, 0.1) is 6.10 Å². The standard InChI is InChI=1S/C24H31F6N3O4/c1-4-6-15-36-22(24(28,29)30,13-9-7-8-10-16(3)34)21-33-32-20(37-21)18-12-11-17(23(25,26)27)19(31-18)35-14-5-2/h5,11-12,16,34H,2,4,6-10,13-15H2,1,3H3/t16-,22+/m0/s1. The lowest BCUT2D eigenvalue weighted by Crippen LogP contribution is -2.45. The Morgan fingerprint density at radius 3 is 2.41 bits per heavy atom. The molecule has 0 amide bonds. The lowest BCUT2D eigenvalue weighted by molar-refractivity contribution is -0.296. The maximum atomic E-state index is 14.5. The molecule has 0 aromatic carbocycles. The summed E-state index contributed by atoms with van der Waals surface area (Å²) in [7, 11) is 0. The summed E-state index contributed by atoms with van der Waals surface area (Å²) in [6, 6.07) is 1.58. The number of ether oxygens (including phenoxy) is 2. The smallest absolute Gasteiger partial charge is 0.426 e. The van der Waals surface area contributed by atoms with Crippen LogP contribution in [0, 0.1) is 0 Å². The highest BCUT2D eigenvalue weighted by molar-refractivity contribution is 5.50. The van der Waals surface area contributed by atoms with E-state index in [1.165, 1.54) is 6.08 Å². The van der Waals surface area contributed by atoms with Gasteiger partial charge in [0.2, 0.25) is 11.5 Å². The zero-order chi connectivity index (χ0) is 27.7. The quantitative estimate of drug-likeness (QED) is 0.155. The SMILES string of the molecule is C=CCOc1nc(-c2nnc([C@@](CCCCC[C@H](C)O)(OCCCC)C(F)(F)F)o2)ccc1C(F)(F)F. The van der Waals surface area contributed by atoms with Crippen molar-refractivity contribution in [1.29, 1.82) is 0 Å². The first-order valence-corrected chi connectivity index (χ1v) is 11.9.